The first-order valence-corrected chi connectivity index (χ1v) is 6.24. The van der Waals surface area contributed by atoms with Gasteiger partial charge >= 0.3 is 5.97 Å². The fourth-order valence-corrected chi connectivity index (χ4v) is 1.87. The summed E-state index contributed by atoms with van der Waals surface area (Å²) in [5, 5.41) is 13.2. The number of rotatable bonds is 2. The second-order valence-electron chi connectivity index (χ2n) is 5.32. The van der Waals surface area contributed by atoms with Crippen LogP contribution in [0.2, 0.25) is 5.02 Å². The fraction of sp³-hybridized carbons (Fsp3) is 0.308. The Balaban J connectivity index is 2.72. The largest absolute Gasteiger partial charge is 0.475 e. The van der Waals surface area contributed by atoms with Gasteiger partial charge in [0.05, 0.1) is 0 Å². The highest BCUT2D eigenvalue weighted by Gasteiger charge is 2.27. The predicted octanol–water partition coefficient (Wildman–Crippen LogP) is 3.06. The average Bonchev–Trinajstić information content (AvgIpc) is 2.77. The molecule has 1 aromatic heterocycles. The Hall–Kier alpha value is -1.95. The van der Waals surface area contributed by atoms with Gasteiger partial charge in [0.15, 0.2) is 0 Å². The molecule has 0 saturated heterocycles. The summed E-state index contributed by atoms with van der Waals surface area (Å²) >= 11 is 5.86. The smallest absolute Gasteiger partial charge is 0.375 e. The predicted molar refractivity (Wildman–Crippen MR) is 72.0 cm³/mol. The van der Waals surface area contributed by atoms with E-state index in [1.54, 1.807) is 0 Å². The van der Waals surface area contributed by atoms with Crippen LogP contribution in [0, 0.1) is 5.82 Å². The fourth-order valence-electron chi connectivity index (χ4n) is 1.70. The zero-order chi connectivity index (χ0) is 15.1. The Bertz CT molecular complexity index is 677. The van der Waals surface area contributed by atoms with Crippen LogP contribution >= 0.6 is 11.6 Å². The van der Waals surface area contributed by atoms with E-state index in [1.807, 2.05) is 20.8 Å². The number of aromatic carboxylic acids is 1. The van der Waals surface area contributed by atoms with Gasteiger partial charge < -0.3 is 5.11 Å². The molecule has 2 aromatic rings. The second kappa shape index (κ2) is 4.86. The summed E-state index contributed by atoms with van der Waals surface area (Å²) in [6.07, 6.45) is 0. The van der Waals surface area contributed by atoms with Gasteiger partial charge in [-0.3, -0.25) is 0 Å². The monoisotopic (exact) mass is 297 g/mol. The molecule has 5 nitrogen and oxygen atoms in total. The molecule has 20 heavy (non-hydrogen) atoms. The zero-order valence-electron chi connectivity index (χ0n) is 11.2. The molecule has 0 aliphatic heterocycles. The van der Waals surface area contributed by atoms with Crippen LogP contribution in [0.25, 0.3) is 5.69 Å². The van der Waals surface area contributed by atoms with E-state index in [2.05, 4.69) is 10.1 Å². The lowest BCUT2D eigenvalue weighted by Gasteiger charge is -2.18. The number of carboxylic acids is 1. The third-order valence-corrected chi connectivity index (χ3v) is 2.84. The van der Waals surface area contributed by atoms with Crippen LogP contribution in [0.4, 0.5) is 4.39 Å². The standard InChI is InChI=1S/C13H13ClFN3O2/c1-13(2,3)12-16-10(11(19)20)17-18(12)9-6-7(14)4-5-8(9)15/h4-6H,1-3H3,(H,19,20). The van der Waals surface area contributed by atoms with Gasteiger partial charge in [-0.25, -0.2) is 18.9 Å². The number of carbonyl (C=O) groups is 1. The van der Waals surface area contributed by atoms with Crippen LogP contribution in [0.1, 0.15) is 37.2 Å². The van der Waals surface area contributed by atoms with Crippen LogP contribution < -0.4 is 0 Å². The van der Waals surface area contributed by atoms with Crippen molar-refractivity contribution in [3.05, 3.63) is 40.7 Å². The molecule has 0 radical (unpaired) electrons. The zero-order valence-corrected chi connectivity index (χ0v) is 11.9. The maximum absolute atomic E-state index is 13.9. The highest BCUT2D eigenvalue weighted by Crippen LogP contribution is 2.26. The number of carboxylic acid groups (broad SMARTS) is 1. The minimum absolute atomic E-state index is 0.0717. The van der Waals surface area contributed by atoms with Gasteiger partial charge in [-0.05, 0) is 18.2 Å². The molecule has 2 rings (SSSR count). The van der Waals surface area contributed by atoms with E-state index in [4.69, 9.17) is 16.7 Å². The molecule has 0 aliphatic rings. The number of halogens is 2. The molecule has 0 unspecified atom stereocenters. The van der Waals surface area contributed by atoms with Crippen molar-refractivity contribution in [3.8, 4) is 5.69 Å². The molecule has 0 fully saturated rings. The summed E-state index contributed by atoms with van der Waals surface area (Å²) in [5.74, 6) is -1.86. The number of hydrogen-bond acceptors (Lipinski definition) is 3. The maximum atomic E-state index is 13.9. The quantitative estimate of drug-likeness (QED) is 0.925. The molecule has 106 valence electrons. The minimum atomic E-state index is -1.27. The van der Waals surface area contributed by atoms with Gasteiger partial charge in [-0.2, -0.15) is 0 Å². The van der Waals surface area contributed by atoms with Crippen molar-refractivity contribution < 1.29 is 14.3 Å². The van der Waals surface area contributed by atoms with Crippen molar-refractivity contribution in [3.63, 3.8) is 0 Å². The van der Waals surface area contributed by atoms with Crippen LogP contribution in [0.5, 0.6) is 0 Å². The van der Waals surface area contributed by atoms with E-state index >= 15 is 0 Å². The Morgan fingerprint density at radius 3 is 2.60 bits per heavy atom. The molecule has 7 heteroatoms. The lowest BCUT2D eigenvalue weighted by molar-refractivity contribution is 0.0683. The van der Waals surface area contributed by atoms with Crippen molar-refractivity contribution in [2.75, 3.05) is 0 Å². The first kappa shape index (κ1) is 14.5. The molecular formula is C13H13ClFN3O2. The van der Waals surface area contributed by atoms with E-state index in [0.717, 1.165) is 0 Å². The summed E-state index contributed by atoms with van der Waals surface area (Å²) in [6, 6.07) is 3.99. The topological polar surface area (TPSA) is 68.0 Å². The third kappa shape index (κ3) is 2.65. The molecule has 0 spiro atoms. The summed E-state index contributed by atoms with van der Waals surface area (Å²) < 4.78 is 15.1. The lowest BCUT2D eigenvalue weighted by Crippen LogP contribution is -2.19. The molecule has 0 bridgehead atoms. The van der Waals surface area contributed by atoms with E-state index < -0.39 is 17.2 Å². The molecule has 0 saturated carbocycles. The number of hydrogen-bond donors (Lipinski definition) is 1. The first-order chi connectivity index (χ1) is 9.20. The van der Waals surface area contributed by atoms with E-state index in [9.17, 15) is 9.18 Å². The van der Waals surface area contributed by atoms with Gasteiger partial charge in [0.2, 0.25) is 0 Å². The molecule has 0 aliphatic carbocycles. The van der Waals surface area contributed by atoms with Crippen LogP contribution in [0.15, 0.2) is 18.2 Å². The van der Waals surface area contributed by atoms with Gasteiger partial charge in [0, 0.05) is 10.4 Å². The van der Waals surface area contributed by atoms with E-state index in [1.165, 1.54) is 22.9 Å². The van der Waals surface area contributed by atoms with Crippen LogP contribution in [-0.4, -0.2) is 25.8 Å². The second-order valence-corrected chi connectivity index (χ2v) is 5.76. The van der Waals surface area contributed by atoms with Gasteiger partial charge in [0.25, 0.3) is 5.82 Å². The maximum Gasteiger partial charge on any atom is 0.375 e. The Morgan fingerprint density at radius 1 is 1.40 bits per heavy atom. The van der Waals surface area contributed by atoms with Crippen molar-refractivity contribution in [2.45, 2.75) is 26.2 Å². The SMILES string of the molecule is CC(C)(C)c1nc(C(=O)O)nn1-c1cc(Cl)ccc1F. The molecule has 1 N–H and O–H groups in total. The molecule has 0 atom stereocenters. The van der Waals surface area contributed by atoms with Gasteiger partial charge in [-0.15, -0.1) is 5.10 Å². The number of benzene rings is 1. The van der Waals surface area contributed by atoms with E-state index in [0.29, 0.717) is 10.8 Å². The van der Waals surface area contributed by atoms with Gasteiger partial charge in [0.1, 0.15) is 17.3 Å². The van der Waals surface area contributed by atoms with Crippen molar-refractivity contribution >= 4 is 17.6 Å². The minimum Gasteiger partial charge on any atom is -0.475 e. The lowest BCUT2D eigenvalue weighted by atomic mass is 9.95. The summed E-state index contributed by atoms with van der Waals surface area (Å²) in [7, 11) is 0. The normalized spacial score (nSPS) is 11.7. The van der Waals surface area contributed by atoms with E-state index in [-0.39, 0.29) is 11.5 Å². The average molecular weight is 298 g/mol. The molecule has 1 heterocycles. The highest BCUT2D eigenvalue weighted by atomic mass is 35.5. The number of nitrogens with zero attached hydrogens (tertiary/aromatic N) is 3. The van der Waals surface area contributed by atoms with Crippen molar-refractivity contribution in [1.82, 2.24) is 14.8 Å². The highest BCUT2D eigenvalue weighted by molar-refractivity contribution is 6.30. The number of aromatic nitrogens is 3. The van der Waals surface area contributed by atoms with Crippen LogP contribution in [-0.2, 0) is 5.41 Å². The Morgan fingerprint density at radius 2 is 2.05 bits per heavy atom. The summed E-state index contributed by atoms with van der Waals surface area (Å²) in [5.41, 5.74) is -0.433. The summed E-state index contributed by atoms with van der Waals surface area (Å²) in [4.78, 5) is 15.0. The molecule has 1 aromatic carbocycles. The molecular weight excluding hydrogens is 285 g/mol. The first-order valence-electron chi connectivity index (χ1n) is 5.86. The Kier molecular flexibility index (Phi) is 3.52. The third-order valence-electron chi connectivity index (χ3n) is 2.61. The van der Waals surface area contributed by atoms with Gasteiger partial charge in [-0.1, -0.05) is 32.4 Å². The Labute approximate surface area is 120 Å². The van der Waals surface area contributed by atoms with Crippen LogP contribution in [0.3, 0.4) is 0 Å². The van der Waals surface area contributed by atoms with Crippen molar-refractivity contribution in [1.29, 1.82) is 0 Å². The van der Waals surface area contributed by atoms with Crippen molar-refractivity contribution in [2.24, 2.45) is 0 Å². The molecule has 0 amide bonds. The summed E-state index contributed by atoms with van der Waals surface area (Å²) in [6.45, 7) is 5.50.